The first-order valence-electron chi connectivity index (χ1n) is 10.0. The van der Waals surface area contributed by atoms with Gasteiger partial charge in [-0.15, -0.1) is 0 Å². The first kappa shape index (κ1) is 23.0. The molecule has 31 heavy (non-hydrogen) atoms. The SMILES string of the molecule is CCOC(=O)c1ccc2c(n1)c(-c1cccc(SN(C)C)c1)c(C)n2C/C(F)=C/CN. The lowest BCUT2D eigenvalue weighted by Crippen LogP contribution is -2.07. The normalized spacial score (nSPS) is 12.0. The van der Waals surface area contributed by atoms with Crippen molar-refractivity contribution in [2.75, 3.05) is 27.2 Å². The van der Waals surface area contributed by atoms with Gasteiger partial charge in [0, 0.05) is 22.7 Å². The summed E-state index contributed by atoms with van der Waals surface area (Å²) in [4.78, 5) is 18.0. The van der Waals surface area contributed by atoms with Crippen LogP contribution in [-0.2, 0) is 11.3 Å². The van der Waals surface area contributed by atoms with Crippen LogP contribution >= 0.6 is 11.9 Å². The molecule has 0 atom stereocenters. The van der Waals surface area contributed by atoms with E-state index in [2.05, 4.69) is 11.1 Å². The highest BCUT2D eigenvalue weighted by atomic mass is 32.2. The number of esters is 1. The Morgan fingerprint density at radius 1 is 1.32 bits per heavy atom. The van der Waals surface area contributed by atoms with E-state index in [4.69, 9.17) is 10.5 Å². The molecule has 6 nitrogen and oxygen atoms in total. The summed E-state index contributed by atoms with van der Waals surface area (Å²) in [6.07, 6.45) is 1.36. The molecule has 1 aromatic carbocycles. The van der Waals surface area contributed by atoms with Crippen LogP contribution in [0.25, 0.3) is 22.2 Å². The van der Waals surface area contributed by atoms with Gasteiger partial charge in [0.05, 0.1) is 24.2 Å². The molecular formula is C23H27FN4O2S. The number of hydrogen-bond acceptors (Lipinski definition) is 6. The number of aromatic nitrogens is 2. The topological polar surface area (TPSA) is 73.4 Å². The van der Waals surface area contributed by atoms with Crippen molar-refractivity contribution in [1.82, 2.24) is 13.9 Å². The van der Waals surface area contributed by atoms with E-state index >= 15 is 0 Å². The number of hydrogen-bond donors (Lipinski definition) is 1. The number of ether oxygens (including phenoxy) is 1. The molecule has 2 heterocycles. The molecule has 3 rings (SSSR count). The van der Waals surface area contributed by atoms with Gasteiger partial charge in [-0.1, -0.05) is 12.1 Å². The Morgan fingerprint density at radius 2 is 2.10 bits per heavy atom. The summed E-state index contributed by atoms with van der Waals surface area (Å²) >= 11 is 1.61. The van der Waals surface area contributed by atoms with Crippen molar-refractivity contribution < 1.29 is 13.9 Å². The van der Waals surface area contributed by atoms with E-state index in [1.807, 2.05) is 48.1 Å². The minimum atomic E-state index is -0.480. The number of allylic oxidation sites excluding steroid dienone is 1. The molecule has 3 aromatic rings. The van der Waals surface area contributed by atoms with E-state index < -0.39 is 5.97 Å². The second-order valence-electron chi connectivity index (χ2n) is 7.15. The third kappa shape index (κ3) is 5.15. The molecule has 0 saturated heterocycles. The Balaban J connectivity index is 2.22. The molecule has 0 spiro atoms. The molecule has 2 aromatic heterocycles. The fraction of sp³-hybridized carbons (Fsp3) is 0.304. The molecule has 2 N–H and O–H groups in total. The van der Waals surface area contributed by atoms with Crippen LogP contribution in [-0.4, -0.2) is 47.1 Å². The Hall–Kier alpha value is -2.68. The number of halogens is 1. The number of nitrogens with zero attached hydrogens (tertiary/aromatic N) is 3. The lowest BCUT2D eigenvalue weighted by Gasteiger charge is -2.10. The highest BCUT2D eigenvalue weighted by molar-refractivity contribution is 7.97. The number of pyridine rings is 1. The summed E-state index contributed by atoms with van der Waals surface area (Å²) < 4.78 is 23.4. The van der Waals surface area contributed by atoms with Crippen molar-refractivity contribution in [3.05, 3.63) is 59.7 Å². The summed E-state index contributed by atoms with van der Waals surface area (Å²) in [5.41, 5.74) is 9.75. The third-order valence-electron chi connectivity index (χ3n) is 4.71. The fourth-order valence-electron chi connectivity index (χ4n) is 3.47. The lowest BCUT2D eigenvalue weighted by atomic mass is 10.0. The van der Waals surface area contributed by atoms with Crippen LogP contribution in [0.1, 0.15) is 23.1 Å². The molecule has 0 amide bonds. The molecule has 8 heteroatoms. The van der Waals surface area contributed by atoms with Crippen LogP contribution in [0.4, 0.5) is 4.39 Å². The zero-order chi connectivity index (χ0) is 22.5. The predicted octanol–water partition coefficient (Wildman–Crippen LogP) is 4.57. The van der Waals surface area contributed by atoms with E-state index in [0.717, 1.165) is 27.2 Å². The van der Waals surface area contributed by atoms with Crippen LogP contribution in [0.5, 0.6) is 0 Å². The summed E-state index contributed by atoms with van der Waals surface area (Å²) in [5.74, 6) is -0.799. The Labute approximate surface area is 186 Å². The second kappa shape index (κ2) is 10.1. The van der Waals surface area contributed by atoms with Gasteiger partial charge in [-0.3, -0.25) is 4.31 Å². The van der Waals surface area contributed by atoms with Gasteiger partial charge in [0.1, 0.15) is 11.5 Å². The number of nitrogens with two attached hydrogens (primary N) is 1. The van der Waals surface area contributed by atoms with Crippen LogP contribution in [0, 0.1) is 6.92 Å². The van der Waals surface area contributed by atoms with E-state index in [0.29, 0.717) is 5.52 Å². The molecule has 0 aliphatic carbocycles. The second-order valence-corrected chi connectivity index (χ2v) is 8.53. The summed E-state index contributed by atoms with van der Waals surface area (Å²) in [5, 5.41) is 0. The highest BCUT2D eigenvalue weighted by Gasteiger charge is 2.20. The van der Waals surface area contributed by atoms with Gasteiger partial charge >= 0.3 is 5.97 Å². The van der Waals surface area contributed by atoms with Gasteiger partial charge in [-0.25, -0.2) is 14.2 Å². The van der Waals surface area contributed by atoms with Crippen molar-refractivity contribution in [3.8, 4) is 11.1 Å². The van der Waals surface area contributed by atoms with Gasteiger partial charge in [-0.05, 0) is 75.8 Å². The number of rotatable bonds is 8. The van der Waals surface area contributed by atoms with Gasteiger partial charge < -0.3 is 15.0 Å². The third-order valence-corrected chi connectivity index (χ3v) is 5.54. The first-order chi connectivity index (χ1) is 14.8. The maximum atomic E-state index is 14.4. The molecule has 0 fully saturated rings. The minimum absolute atomic E-state index is 0.0477. The van der Waals surface area contributed by atoms with Crippen LogP contribution in [0.2, 0.25) is 0 Å². The van der Waals surface area contributed by atoms with Crippen molar-refractivity contribution in [2.45, 2.75) is 25.3 Å². The number of fused-ring (bicyclic) bond motifs is 1. The van der Waals surface area contributed by atoms with E-state index in [1.165, 1.54) is 6.08 Å². The number of carbonyl (C=O) groups excluding carboxylic acids is 1. The summed E-state index contributed by atoms with van der Waals surface area (Å²) in [7, 11) is 3.96. The van der Waals surface area contributed by atoms with E-state index in [-0.39, 0.29) is 31.2 Å². The van der Waals surface area contributed by atoms with Crippen molar-refractivity contribution in [3.63, 3.8) is 0 Å². The largest absolute Gasteiger partial charge is 0.461 e. The Morgan fingerprint density at radius 3 is 2.77 bits per heavy atom. The molecule has 0 saturated carbocycles. The molecular weight excluding hydrogens is 415 g/mol. The van der Waals surface area contributed by atoms with Gasteiger partial charge in [0.25, 0.3) is 0 Å². The fourth-order valence-corrected chi connectivity index (χ4v) is 4.21. The van der Waals surface area contributed by atoms with Gasteiger partial charge in [-0.2, -0.15) is 0 Å². The van der Waals surface area contributed by atoms with Gasteiger partial charge in [0.2, 0.25) is 0 Å². The highest BCUT2D eigenvalue weighted by Crippen LogP contribution is 2.36. The smallest absolute Gasteiger partial charge is 0.356 e. The van der Waals surface area contributed by atoms with E-state index in [9.17, 15) is 9.18 Å². The molecule has 0 aliphatic heterocycles. The zero-order valence-corrected chi connectivity index (χ0v) is 19.0. The molecule has 0 radical (unpaired) electrons. The van der Waals surface area contributed by atoms with Crippen molar-refractivity contribution in [2.24, 2.45) is 5.73 Å². The van der Waals surface area contributed by atoms with Crippen LogP contribution < -0.4 is 5.73 Å². The van der Waals surface area contributed by atoms with Crippen molar-refractivity contribution in [1.29, 1.82) is 0 Å². The lowest BCUT2D eigenvalue weighted by molar-refractivity contribution is 0.0520. The Kier molecular flexibility index (Phi) is 7.48. The molecule has 164 valence electrons. The standard InChI is InChI=1S/C23H27FN4O2S/c1-5-30-23(29)19-9-10-20-22(26-19)21(15(2)28(20)14-17(24)11-12-25)16-7-6-8-18(13-16)31-27(3)4/h6-11,13H,5,12,14,25H2,1-4H3/b17-11-. The first-order valence-corrected chi connectivity index (χ1v) is 10.8. The van der Waals surface area contributed by atoms with Crippen LogP contribution in [0.3, 0.4) is 0 Å². The zero-order valence-electron chi connectivity index (χ0n) is 18.2. The summed E-state index contributed by atoms with van der Waals surface area (Å²) in [6, 6.07) is 11.5. The monoisotopic (exact) mass is 442 g/mol. The minimum Gasteiger partial charge on any atom is -0.461 e. The average molecular weight is 443 g/mol. The Bertz CT molecular complexity index is 1120. The maximum Gasteiger partial charge on any atom is 0.356 e. The average Bonchev–Trinajstić information content (AvgIpc) is 2.99. The van der Waals surface area contributed by atoms with E-state index in [1.54, 1.807) is 31.0 Å². The molecule has 0 bridgehead atoms. The predicted molar refractivity (Wildman–Crippen MR) is 124 cm³/mol. The molecule has 0 aliphatic rings. The number of carbonyl (C=O) groups is 1. The van der Waals surface area contributed by atoms with Crippen molar-refractivity contribution >= 4 is 29.0 Å². The van der Waals surface area contributed by atoms with Crippen LogP contribution in [0.15, 0.2) is 53.2 Å². The van der Waals surface area contributed by atoms with Gasteiger partial charge in [0.15, 0.2) is 0 Å². The summed E-state index contributed by atoms with van der Waals surface area (Å²) in [6.45, 7) is 4.13. The molecule has 0 unspecified atom stereocenters. The maximum absolute atomic E-state index is 14.4. The number of benzene rings is 1. The quantitative estimate of drug-likeness (QED) is 0.407.